The summed E-state index contributed by atoms with van der Waals surface area (Å²) in [6.45, 7) is 12.0. The van der Waals surface area contributed by atoms with Crippen molar-refractivity contribution in [1.82, 2.24) is 19.4 Å². The van der Waals surface area contributed by atoms with Crippen LogP contribution in [0.2, 0.25) is 0 Å². The Kier molecular flexibility index (Phi) is 8.40. The van der Waals surface area contributed by atoms with E-state index in [0.717, 1.165) is 16.5 Å². The maximum atomic E-state index is 13.7. The van der Waals surface area contributed by atoms with Crippen molar-refractivity contribution in [2.24, 2.45) is 11.8 Å². The van der Waals surface area contributed by atoms with Gasteiger partial charge in [-0.25, -0.2) is 14.6 Å². The molecule has 0 spiro atoms. The predicted molar refractivity (Wildman–Crippen MR) is 177 cm³/mol. The van der Waals surface area contributed by atoms with E-state index in [2.05, 4.69) is 0 Å². The van der Waals surface area contributed by atoms with Gasteiger partial charge in [-0.15, -0.1) is 0 Å². The van der Waals surface area contributed by atoms with E-state index < -0.39 is 23.3 Å². The van der Waals surface area contributed by atoms with E-state index >= 15 is 0 Å². The van der Waals surface area contributed by atoms with Crippen molar-refractivity contribution >= 4 is 28.9 Å². The number of cyclic esters (lactones) is 1. The normalized spacial score (nSPS) is 23.4. The number of fused-ring (bicyclic) bond motifs is 5. The summed E-state index contributed by atoms with van der Waals surface area (Å²) in [4.78, 5) is 61.3. The number of nitrogens with zero attached hydrogens (tertiary/aromatic N) is 4. The molecule has 12 nitrogen and oxygen atoms in total. The standard InChI is InChI=1S/C36H44N4O8/c1-9-36(45)26-14-28-30-21(16-40(28)31(41)25(26)18-46-33(36)43)13-23-24(17-38(7)8)29(11-10-27(23)37-30)47-34(44)39-15-19(2)22(12-20(39)3)32(42)48-35(4,5)6/h10-11,13-14,19-20,22,45H,9,12,15-18H2,1-8H3/t19-,20+,22?,36-/m0/s1. The summed E-state index contributed by atoms with van der Waals surface area (Å²) in [5, 5.41) is 12.0. The zero-order chi connectivity index (χ0) is 34.9. The molecule has 1 saturated heterocycles. The zero-order valence-electron chi connectivity index (χ0n) is 28.9. The summed E-state index contributed by atoms with van der Waals surface area (Å²) in [5.74, 6) is -1.03. The lowest BCUT2D eigenvalue weighted by molar-refractivity contribution is -0.172. The average molecular weight is 661 g/mol. The van der Waals surface area contributed by atoms with Gasteiger partial charge < -0.3 is 33.7 Å². The third kappa shape index (κ3) is 5.74. The molecule has 3 aliphatic heterocycles. The molecule has 3 aliphatic rings. The lowest BCUT2D eigenvalue weighted by Gasteiger charge is -2.40. The number of amides is 1. The molecule has 12 heteroatoms. The number of hydrogen-bond donors (Lipinski definition) is 1. The van der Waals surface area contributed by atoms with E-state index in [9.17, 15) is 24.3 Å². The number of pyridine rings is 2. The fraction of sp³-hybridized carbons (Fsp3) is 0.528. The minimum Gasteiger partial charge on any atom is -0.460 e. The molecule has 1 fully saturated rings. The van der Waals surface area contributed by atoms with E-state index in [-0.39, 0.29) is 60.1 Å². The first kappa shape index (κ1) is 33.6. The summed E-state index contributed by atoms with van der Waals surface area (Å²) < 4.78 is 18.5. The van der Waals surface area contributed by atoms with Crippen LogP contribution in [-0.2, 0) is 44.4 Å². The molecule has 0 radical (unpaired) electrons. The molecule has 2 aromatic heterocycles. The Morgan fingerprint density at radius 3 is 2.56 bits per heavy atom. The Bertz CT molecular complexity index is 1890. The Balaban J connectivity index is 1.33. The van der Waals surface area contributed by atoms with Crippen molar-refractivity contribution in [3.8, 4) is 17.1 Å². The predicted octanol–water partition coefficient (Wildman–Crippen LogP) is 4.33. The molecule has 1 aromatic carbocycles. The largest absolute Gasteiger partial charge is 0.460 e. The fourth-order valence-electron chi connectivity index (χ4n) is 7.12. The van der Waals surface area contributed by atoms with Gasteiger partial charge in [-0.2, -0.15) is 0 Å². The molecular formula is C36H44N4O8. The Labute approximate surface area is 279 Å². The second-order valence-corrected chi connectivity index (χ2v) is 14.7. The van der Waals surface area contributed by atoms with Gasteiger partial charge in [-0.1, -0.05) is 13.8 Å². The number of aliphatic hydroxyl groups is 1. The van der Waals surface area contributed by atoms with Gasteiger partial charge in [-0.3, -0.25) is 9.59 Å². The molecular weight excluding hydrogens is 616 g/mol. The molecule has 256 valence electrons. The maximum Gasteiger partial charge on any atom is 0.415 e. The van der Waals surface area contributed by atoms with Crippen LogP contribution >= 0.6 is 0 Å². The molecule has 4 atom stereocenters. The number of ether oxygens (including phenoxy) is 3. The highest BCUT2D eigenvalue weighted by molar-refractivity contribution is 5.90. The van der Waals surface area contributed by atoms with Crippen LogP contribution in [-0.4, -0.2) is 74.8 Å². The number of piperidine rings is 1. The van der Waals surface area contributed by atoms with Gasteiger partial charge in [-0.05, 0) is 84.8 Å². The fourth-order valence-corrected chi connectivity index (χ4v) is 7.12. The number of esters is 2. The number of hydrogen-bond acceptors (Lipinski definition) is 10. The Morgan fingerprint density at radius 1 is 1.17 bits per heavy atom. The van der Waals surface area contributed by atoms with E-state index in [1.807, 2.05) is 59.7 Å². The van der Waals surface area contributed by atoms with Crippen molar-refractivity contribution < 1.29 is 33.7 Å². The molecule has 6 rings (SSSR count). The first-order valence-electron chi connectivity index (χ1n) is 16.5. The van der Waals surface area contributed by atoms with Gasteiger partial charge >= 0.3 is 18.0 Å². The van der Waals surface area contributed by atoms with Gasteiger partial charge in [0, 0.05) is 41.2 Å². The van der Waals surface area contributed by atoms with E-state index in [0.29, 0.717) is 42.2 Å². The Hall–Kier alpha value is -4.29. The summed E-state index contributed by atoms with van der Waals surface area (Å²) >= 11 is 0. The van der Waals surface area contributed by atoms with Gasteiger partial charge in [0.25, 0.3) is 5.56 Å². The summed E-state index contributed by atoms with van der Waals surface area (Å²) in [5.41, 5.74) is 1.05. The molecule has 1 amide bonds. The van der Waals surface area contributed by atoms with Crippen molar-refractivity contribution in [3.63, 3.8) is 0 Å². The van der Waals surface area contributed by atoms with E-state index in [1.54, 1.807) is 34.6 Å². The third-order valence-corrected chi connectivity index (χ3v) is 9.67. The van der Waals surface area contributed by atoms with Crippen molar-refractivity contribution in [1.29, 1.82) is 0 Å². The lowest BCUT2D eigenvalue weighted by atomic mass is 9.83. The molecule has 1 N–H and O–H groups in total. The molecule has 5 heterocycles. The summed E-state index contributed by atoms with van der Waals surface area (Å²) in [7, 11) is 3.85. The van der Waals surface area contributed by atoms with Gasteiger partial charge in [0.2, 0.25) is 0 Å². The third-order valence-electron chi connectivity index (χ3n) is 9.67. The molecule has 0 saturated carbocycles. The number of likely N-dealkylation sites (tertiary alicyclic amines) is 1. The van der Waals surface area contributed by atoms with Crippen molar-refractivity contribution in [2.75, 3.05) is 20.6 Å². The minimum absolute atomic E-state index is 0.0641. The van der Waals surface area contributed by atoms with Gasteiger partial charge in [0.1, 0.15) is 18.0 Å². The first-order chi connectivity index (χ1) is 22.5. The zero-order valence-corrected chi connectivity index (χ0v) is 28.9. The summed E-state index contributed by atoms with van der Waals surface area (Å²) in [6.07, 6.45) is 0.0485. The van der Waals surface area contributed by atoms with Crippen LogP contribution in [0.1, 0.15) is 76.6 Å². The highest BCUT2D eigenvalue weighted by Crippen LogP contribution is 2.40. The number of carbonyl (C=O) groups is 3. The topological polar surface area (TPSA) is 140 Å². The second kappa shape index (κ2) is 12.0. The number of benzene rings is 1. The average Bonchev–Trinajstić information content (AvgIpc) is 3.37. The van der Waals surface area contributed by atoms with Crippen LogP contribution in [0, 0.1) is 11.8 Å². The molecule has 0 bridgehead atoms. The summed E-state index contributed by atoms with van der Waals surface area (Å²) in [6, 6.07) is 6.96. The van der Waals surface area contributed by atoms with Crippen LogP contribution in [0.5, 0.6) is 5.75 Å². The smallest absolute Gasteiger partial charge is 0.415 e. The maximum absolute atomic E-state index is 13.7. The number of rotatable bonds is 5. The number of carbonyl (C=O) groups excluding carboxylic acids is 3. The molecule has 3 aromatic rings. The molecule has 0 aliphatic carbocycles. The highest BCUT2D eigenvalue weighted by atomic mass is 16.6. The molecule has 1 unspecified atom stereocenters. The molecule has 48 heavy (non-hydrogen) atoms. The highest BCUT2D eigenvalue weighted by Gasteiger charge is 2.45. The minimum atomic E-state index is -1.90. The number of aromatic nitrogens is 2. The monoisotopic (exact) mass is 660 g/mol. The lowest BCUT2D eigenvalue weighted by Crippen LogP contribution is -2.51. The van der Waals surface area contributed by atoms with Crippen LogP contribution in [0.25, 0.3) is 22.3 Å². The van der Waals surface area contributed by atoms with Crippen LogP contribution < -0.4 is 10.3 Å². The quantitative estimate of drug-likeness (QED) is 0.308. The van der Waals surface area contributed by atoms with Crippen molar-refractivity contribution in [3.05, 3.63) is 56.9 Å². The van der Waals surface area contributed by atoms with Gasteiger partial charge in [0.15, 0.2) is 5.60 Å². The van der Waals surface area contributed by atoms with E-state index in [1.165, 1.54) is 0 Å². The van der Waals surface area contributed by atoms with Crippen LogP contribution in [0.3, 0.4) is 0 Å². The Morgan fingerprint density at radius 2 is 1.90 bits per heavy atom. The van der Waals surface area contributed by atoms with Gasteiger partial charge in [0.05, 0.1) is 34.9 Å². The first-order valence-corrected chi connectivity index (χ1v) is 16.5. The van der Waals surface area contributed by atoms with Crippen LogP contribution in [0.15, 0.2) is 29.1 Å². The second-order valence-electron chi connectivity index (χ2n) is 14.7. The van der Waals surface area contributed by atoms with Crippen LogP contribution in [0.4, 0.5) is 4.79 Å². The van der Waals surface area contributed by atoms with Crippen molar-refractivity contribution in [2.45, 2.75) is 91.3 Å². The SMILES string of the molecule is CC[C@@]1(O)C(=O)OCc2c1cc1n(c2=O)Cc2cc3c(CN(C)C)c(OC(=O)N4C[C@H](C)C(C(=O)OC(C)(C)C)C[C@H]4C)ccc3nc2-1. The van der Waals surface area contributed by atoms with E-state index in [4.69, 9.17) is 19.2 Å².